The van der Waals surface area contributed by atoms with Crippen LogP contribution in [-0.2, 0) is 26.8 Å². The molecule has 0 aliphatic heterocycles. The molecular weight excluding hydrogens is 587 g/mol. The van der Waals surface area contributed by atoms with Gasteiger partial charge in [-0.15, -0.1) is 11.3 Å². The number of ketones is 1. The molecule has 210 valence electrons. The van der Waals surface area contributed by atoms with Gasteiger partial charge >= 0.3 is 20.2 Å². The summed E-state index contributed by atoms with van der Waals surface area (Å²) in [5.74, 6) is 0.580. The van der Waals surface area contributed by atoms with Crippen LogP contribution in [0.2, 0.25) is 0 Å². The van der Waals surface area contributed by atoms with Crippen LogP contribution in [0.15, 0.2) is 91.1 Å². The van der Waals surface area contributed by atoms with E-state index in [1.54, 1.807) is 54.7 Å². The number of benzene rings is 3. The van der Waals surface area contributed by atoms with Gasteiger partial charge in [0.1, 0.15) is 23.9 Å². The topological polar surface area (TPSA) is 126 Å². The fourth-order valence-corrected chi connectivity index (χ4v) is 6.20. The van der Waals surface area contributed by atoms with Gasteiger partial charge in [-0.3, -0.25) is 9.78 Å². The number of fused-ring (bicyclic) bond motifs is 1. The number of hydrogen-bond donors (Lipinski definition) is 0. The lowest BCUT2D eigenvalue weighted by Gasteiger charge is -2.09. The molecule has 0 saturated carbocycles. The summed E-state index contributed by atoms with van der Waals surface area (Å²) in [6.07, 6.45) is 3.59. The van der Waals surface area contributed by atoms with Gasteiger partial charge in [-0.05, 0) is 84.4 Å². The maximum Gasteiger partial charge on any atom is 0.306 e. The van der Waals surface area contributed by atoms with Crippen LogP contribution >= 0.6 is 11.3 Å². The molecule has 2 aromatic heterocycles. The molecule has 3 aromatic carbocycles. The van der Waals surface area contributed by atoms with E-state index in [4.69, 9.17) is 13.1 Å². The van der Waals surface area contributed by atoms with Crippen LogP contribution in [0.1, 0.15) is 21.6 Å². The Bertz CT molecular complexity index is 1930. The van der Waals surface area contributed by atoms with E-state index < -0.39 is 20.2 Å². The molecule has 0 spiro atoms. The second-order valence-corrected chi connectivity index (χ2v) is 13.2. The average Bonchev–Trinajstić information content (AvgIpc) is 3.29. The lowest BCUT2D eigenvalue weighted by atomic mass is 9.97. The molecule has 0 N–H and O–H groups in total. The minimum Gasteiger partial charge on any atom is -0.487 e. The van der Waals surface area contributed by atoms with E-state index in [1.165, 1.54) is 29.5 Å². The number of nitrogens with zero attached hydrogens (tertiary/aromatic N) is 1. The van der Waals surface area contributed by atoms with Crippen LogP contribution in [0, 0.1) is 0 Å². The quantitative estimate of drug-likeness (QED) is 0.150. The van der Waals surface area contributed by atoms with Crippen LogP contribution in [0.3, 0.4) is 0 Å². The standard InChI is InChI=1S/C29H23NO8S3/c1-40(32,33)37-23-12-8-20(9-13-23)29-27(25-15-14-24(17-26(25)39-29)38-41(2,34)35)28(31)19-6-10-22(11-7-19)36-18-21-5-3-4-16-30-21/h3-17H,18H2,1-2H3. The maximum absolute atomic E-state index is 13.9. The Morgan fingerprint density at radius 2 is 1.41 bits per heavy atom. The Labute approximate surface area is 241 Å². The summed E-state index contributed by atoms with van der Waals surface area (Å²) in [7, 11) is -7.45. The van der Waals surface area contributed by atoms with Crippen molar-refractivity contribution >= 4 is 47.4 Å². The van der Waals surface area contributed by atoms with Crippen molar-refractivity contribution in [2.24, 2.45) is 0 Å². The first kappa shape index (κ1) is 28.3. The zero-order chi connectivity index (χ0) is 29.2. The van der Waals surface area contributed by atoms with E-state index >= 15 is 0 Å². The van der Waals surface area contributed by atoms with Crippen molar-refractivity contribution in [2.45, 2.75) is 6.61 Å². The summed E-state index contributed by atoms with van der Waals surface area (Å²) in [4.78, 5) is 18.7. The van der Waals surface area contributed by atoms with Crippen molar-refractivity contribution in [2.75, 3.05) is 12.5 Å². The van der Waals surface area contributed by atoms with Crippen LogP contribution in [0.25, 0.3) is 20.5 Å². The lowest BCUT2D eigenvalue weighted by molar-refractivity contribution is 0.104. The molecule has 9 nitrogen and oxygen atoms in total. The maximum atomic E-state index is 13.9. The van der Waals surface area contributed by atoms with Crippen molar-refractivity contribution in [1.82, 2.24) is 4.98 Å². The van der Waals surface area contributed by atoms with Gasteiger partial charge in [-0.2, -0.15) is 16.8 Å². The van der Waals surface area contributed by atoms with Gasteiger partial charge in [0.25, 0.3) is 0 Å². The lowest BCUT2D eigenvalue weighted by Crippen LogP contribution is -2.06. The molecular formula is C29H23NO8S3. The Morgan fingerprint density at radius 1 is 0.780 bits per heavy atom. The number of rotatable bonds is 10. The fraction of sp³-hybridized carbons (Fsp3) is 0.103. The molecule has 12 heteroatoms. The number of carbonyl (C=O) groups excluding carboxylic acids is 1. The summed E-state index contributed by atoms with van der Waals surface area (Å²) >= 11 is 1.28. The number of thiophene rings is 1. The van der Waals surface area contributed by atoms with Gasteiger partial charge < -0.3 is 13.1 Å². The third kappa shape index (κ3) is 7.09. The van der Waals surface area contributed by atoms with Gasteiger partial charge in [0.05, 0.1) is 18.2 Å². The number of carbonyl (C=O) groups is 1. The van der Waals surface area contributed by atoms with Crippen LogP contribution in [0.5, 0.6) is 17.2 Å². The van der Waals surface area contributed by atoms with Crippen LogP contribution in [0.4, 0.5) is 0 Å². The van der Waals surface area contributed by atoms with Crippen LogP contribution in [-0.4, -0.2) is 40.1 Å². The second-order valence-electron chi connectivity index (χ2n) is 9.03. The molecule has 0 aliphatic carbocycles. The van der Waals surface area contributed by atoms with Gasteiger partial charge in [0, 0.05) is 32.3 Å². The Hall–Kier alpha value is -4.26. The predicted molar refractivity (Wildman–Crippen MR) is 157 cm³/mol. The summed E-state index contributed by atoms with van der Waals surface area (Å²) < 4.78 is 62.8. The normalized spacial score (nSPS) is 11.8. The fourth-order valence-electron chi connectivity index (χ4n) is 4.06. The number of aromatic nitrogens is 1. The third-order valence-electron chi connectivity index (χ3n) is 5.73. The summed E-state index contributed by atoms with van der Waals surface area (Å²) in [6.45, 7) is 0.282. The van der Waals surface area contributed by atoms with Gasteiger partial charge in [-0.25, -0.2) is 0 Å². The Morgan fingerprint density at radius 3 is 2.05 bits per heavy atom. The third-order valence-corrected chi connectivity index (χ3v) is 7.92. The van der Waals surface area contributed by atoms with Gasteiger partial charge in [0.15, 0.2) is 5.78 Å². The van der Waals surface area contributed by atoms with Crippen molar-refractivity contribution in [1.29, 1.82) is 0 Å². The Balaban J connectivity index is 1.51. The highest BCUT2D eigenvalue weighted by molar-refractivity contribution is 7.86. The zero-order valence-corrected chi connectivity index (χ0v) is 24.3. The molecule has 0 fully saturated rings. The zero-order valence-electron chi connectivity index (χ0n) is 21.8. The summed E-state index contributed by atoms with van der Waals surface area (Å²) in [5.41, 5.74) is 2.25. The molecule has 5 aromatic rings. The molecule has 2 heterocycles. The first-order chi connectivity index (χ1) is 19.4. The molecule has 0 amide bonds. The molecule has 0 aliphatic rings. The van der Waals surface area contributed by atoms with E-state index in [-0.39, 0.29) is 23.9 Å². The Kier molecular flexibility index (Phi) is 7.80. The van der Waals surface area contributed by atoms with E-state index in [0.717, 1.165) is 18.2 Å². The second kappa shape index (κ2) is 11.3. The first-order valence-corrected chi connectivity index (χ1v) is 16.5. The smallest absolute Gasteiger partial charge is 0.306 e. The van der Waals surface area contributed by atoms with E-state index in [0.29, 0.717) is 37.4 Å². The van der Waals surface area contributed by atoms with Crippen LogP contribution < -0.4 is 13.1 Å². The molecule has 41 heavy (non-hydrogen) atoms. The summed E-state index contributed by atoms with van der Waals surface area (Å²) in [6, 6.07) is 23.3. The highest BCUT2D eigenvalue weighted by Crippen LogP contribution is 2.42. The van der Waals surface area contributed by atoms with Gasteiger partial charge in [-0.1, -0.05) is 6.07 Å². The highest BCUT2D eigenvalue weighted by Gasteiger charge is 2.23. The average molecular weight is 610 g/mol. The number of ether oxygens (including phenoxy) is 1. The molecule has 0 radical (unpaired) electrons. The van der Waals surface area contributed by atoms with Crippen molar-refractivity contribution in [3.05, 3.63) is 108 Å². The SMILES string of the molecule is CS(=O)(=O)Oc1ccc(-c2sc3cc(OS(C)(=O)=O)ccc3c2C(=O)c2ccc(OCc3ccccn3)cc2)cc1. The molecule has 5 rings (SSSR count). The first-order valence-electron chi connectivity index (χ1n) is 12.1. The predicted octanol–water partition coefficient (Wildman–Crippen LogP) is 5.45. The highest BCUT2D eigenvalue weighted by atomic mass is 32.2. The number of hydrogen-bond acceptors (Lipinski definition) is 10. The minimum absolute atomic E-state index is 0.123. The molecule has 0 unspecified atom stereocenters. The number of pyridine rings is 1. The minimum atomic E-state index is -3.75. The largest absolute Gasteiger partial charge is 0.487 e. The van der Waals surface area contributed by atoms with E-state index in [9.17, 15) is 21.6 Å². The van der Waals surface area contributed by atoms with Crippen molar-refractivity contribution in [3.63, 3.8) is 0 Å². The molecule has 0 atom stereocenters. The monoisotopic (exact) mass is 609 g/mol. The van der Waals surface area contributed by atoms with Gasteiger partial charge in [0.2, 0.25) is 0 Å². The summed E-state index contributed by atoms with van der Waals surface area (Å²) in [5, 5.41) is 0.614. The van der Waals surface area contributed by atoms with Crippen molar-refractivity contribution in [3.8, 4) is 27.7 Å². The van der Waals surface area contributed by atoms with E-state index in [1.807, 2.05) is 18.2 Å². The molecule has 0 bridgehead atoms. The van der Waals surface area contributed by atoms with Crippen molar-refractivity contribution < 1.29 is 34.7 Å². The molecule has 0 saturated heterocycles. The van der Waals surface area contributed by atoms with E-state index in [2.05, 4.69) is 4.98 Å².